The lowest BCUT2D eigenvalue weighted by molar-refractivity contribution is -0.0932. The molecule has 0 radical (unpaired) electrons. The summed E-state index contributed by atoms with van der Waals surface area (Å²) in [5.41, 5.74) is 2.00. The number of cyclic esters (lactones) is 1. The molecule has 1 saturated carbocycles. The lowest BCUT2D eigenvalue weighted by Gasteiger charge is -2.45. The molecular weight excluding hydrogens is 404 g/mol. The molecule has 1 aliphatic carbocycles. The first-order valence-corrected chi connectivity index (χ1v) is 11.6. The number of hydrogen-bond acceptors (Lipinski definition) is 4. The minimum absolute atomic E-state index is 0.0904. The van der Waals surface area contributed by atoms with Gasteiger partial charge in [-0.2, -0.15) is 0 Å². The lowest BCUT2D eigenvalue weighted by Crippen LogP contribution is -2.49. The third-order valence-electron chi connectivity index (χ3n) is 7.52. The summed E-state index contributed by atoms with van der Waals surface area (Å²) < 4.78 is 11.5. The number of carbonyl (C=O) groups is 2. The smallest absolute Gasteiger partial charge is 0.339 e. The number of esters is 1. The average Bonchev–Trinajstić information content (AvgIpc) is 3.47. The molecule has 3 aliphatic rings. The highest BCUT2D eigenvalue weighted by molar-refractivity contribution is 5.95. The van der Waals surface area contributed by atoms with Gasteiger partial charge in [-0.1, -0.05) is 31.0 Å². The number of rotatable bonds is 4. The maximum Gasteiger partial charge on any atom is 0.339 e. The van der Waals surface area contributed by atoms with E-state index in [1.807, 2.05) is 47.4 Å². The van der Waals surface area contributed by atoms with Crippen LogP contribution >= 0.6 is 0 Å². The number of anilines is 1. The molecule has 1 saturated heterocycles. The number of nitrogens with zero attached hydrogens (tertiary/aromatic N) is 1. The van der Waals surface area contributed by atoms with Crippen molar-refractivity contribution < 1.29 is 19.1 Å². The highest BCUT2D eigenvalue weighted by Gasteiger charge is 2.56. The molecule has 2 amide bonds. The maximum absolute atomic E-state index is 12.8. The molecule has 5 rings (SSSR count). The van der Waals surface area contributed by atoms with E-state index in [-0.39, 0.29) is 17.9 Å². The molecule has 1 atom stereocenters. The van der Waals surface area contributed by atoms with Gasteiger partial charge in [-0.15, -0.1) is 0 Å². The van der Waals surface area contributed by atoms with Crippen molar-refractivity contribution in [2.45, 2.75) is 44.1 Å². The SMILES string of the molecule is COc1ccc(NC(=O)N2CCC(C3(C4CCCC4)OC(=O)c4ccccc43)CC2)cc1. The highest BCUT2D eigenvalue weighted by atomic mass is 16.6. The molecule has 1 unspecified atom stereocenters. The molecule has 168 valence electrons. The topological polar surface area (TPSA) is 67.9 Å². The van der Waals surface area contributed by atoms with Crippen molar-refractivity contribution in [2.75, 3.05) is 25.5 Å². The van der Waals surface area contributed by atoms with E-state index in [9.17, 15) is 9.59 Å². The Morgan fingerprint density at radius 2 is 1.66 bits per heavy atom. The van der Waals surface area contributed by atoms with Crippen LogP contribution in [0.4, 0.5) is 10.5 Å². The minimum atomic E-state index is -0.539. The van der Waals surface area contributed by atoms with Crippen LogP contribution in [0.25, 0.3) is 0 Å². The van der Waals surface area contributed by atoms with Crippen molar-refractivity contribution in [3.8, 4) is 5.75 Å². The summed E-state index contributed by atoms with van der Waals surface area (Å²) in [5.74, 6) is 1.16. The van der Waals surface area contributed by atoms with Crippen molar-refractivity contribution in [3.63, 3.8) is 0 Å². The van der Waals surface area contributed by atoms with Gasteiger partial charge < -0.3 is 19.7 Å². The Labute approximate surface area is 188 Å². The van der Waals surface area contributed by atoms with Crippen molar-refractivity contribution >= 4 is 17.7 Å². The summed E-state index contributed by atoms with van der Waals surface area (Å²) in [7, 11) is 1.62. The normalized spacial score (nSPS) is 23.7. The summed E-state index contributed by atoms with van der Waals surface area (Å²) in [5, 5.41) is 2.98. The molecule has 2 aromatic carbocycles. The third-order valence-corrected chi connectivity index (χ3v) is 7.52. The van der Waals surface area contributed by atoms with Gasteiger partial charge >= 0.3 is 12.0 Å². The van der Waals surface area contributed by atoms with E-state index in [0.29, 0.717) is 19.0 Å². The van der Waals surface area contributed by atoms with E-state index >= 15 is 0 Å². The molecule has 0 spiro atoms. The van der Waals surface area contributed by atoms with Crippen LogP contribution in [0.3, 0.4) is 0 Å². The Morgan fingerprint density at radius 3 is 2.34 bits per heavy atom. The van der Waals surface area contributed by atoms with Gasteiger partial charge in [0.05, 0.1) is 12.7 Å². The van der Waals surface area contributed by atoms with Crippen LogP contribution in [0, 0.1) is 11.8 Å². The fourth-order valence-electron chi connectivity index (χ4n) is 5.95. The summed E-state index contributed by atoms with van der Waals surface area (Å²) in [6.45, 7) is 1.31. The van der Waals surface area contributed by atoms with Crippen LogP contribution in [0.2, 0.25) is 0 Å². The Kier molecular flexibility index (Phi) is 5.53. The molecule has 2 aromatic rings. The number of ether oxygens (including phenoxy) is 2. The van der Waals surface area contributed by atoms with Gasteiger partial charge in [0.15, 0.2) is 0 Å². The number of methoxy groups -OCH3 is 1. The number of hydrogen-bond donors (Lipinski definition) is 1. The number of urea groups is 1. The molecule has 1 N–H and O–H groups in total. The molecule has 32 heavy (non-hydrogen) atoms. The second kappa shape index (κ2) is 8.49. The summed E-state index contributed by atoms with van der Waals surface area (Å²) in [6.07, 6.45) is 6.23. The number of likely N-dealkylation sites (tertiary alicyclic amines) is 1. The first-order valence-electron chi connectivity index (χ1n) is 11.6. The predicted molar refractivity (Wildman–Crippen MR) is 122 cm³/mol. The van der Waals surface area contributed by atoms with Crippen molar-refractivity contribution in [1.82, 2.24) is 4.90 Å². The monoisotopic (exact) mass is 434 g/mol. The summed E-state index contributed by atoms with van der Waals surface area (Å²) >= 11 is 0. The molecule has 2 aliphatic heterocycles. The zero-order chi connectivity index (χ0) is 22.1. The Morgan fingerprint density at radius 1 is 1.00 bits per heavy atom. The Balaban J connectivity index is 1.31. The van der Waals surface area contributed by atoms with E-state index in [1.165, 1.54) is 12.8 Å². The Bertz CT molecular complexity index is 991. The minimum Gasteiger partial charge on any atom is -0.497 e. The highest BCUT2D eigenvalue weighted by Crippen LogP contribution is 2.55. The van der Waals surface area contributed by atoms with Gasteiger partial charge in [0, 0.05) is 36.2 Å². The van der Waals surface area contributed by atoms with Crippen LogP contribution in [-0.2, 0) is 10.3 Å². The molecule has 2 heterocycles. The molecule has 6 heteroatoms. The number of benzene rings is 2. The molecule has 6 nitrogen and oxygen atoms in total. The first kappa shape index (κ1) is 20.9. The standard InChI is InChI=1S/C26H30N2O4/c1-31-21-12-10-20(11-13-21)27-25(30)28-16-14-19(15-17-28)26(18-6-2-3-7-18)23-9-5-4-8-22(23)24(29)32-26/h4-5,8-13,18-19H,2-3,6-7,14-17H2,1H3,(H,27,30). The third kappa shape index (κ3) is 3.51. The van der Waals surface area contributed by atoms with Gasteiger partial charge in [0.1, 0.15) is 11.4 Å². The van der Waals surface area contributed by atoms with E-state index < -0.39 is 5.60 Å². The number of nitrogens with one attached hydrogen (secondary N) is 1. The molecule has 0 bridgehead atoms. The van der Waals surface area contributed by atoms with Crippen LogP contribution in [0.5, 0.6) is 5.75 Å². The van der Waals surface area contributed by atoms with E-state index in [4.69, 9.17) is 9.47 Å². The second-order valence-electron chi connectivity index (χ2n) is 9.13. The molecule has 0 aromatic heterocycles. The van der Waals surface area contributed by atoms with Crippen molar-refractivity contribution in [2.24, 2.45) is 11.8 Å². The largest absolute Gasteiger partial charge is 0.497 e. The van der Waals surface area contributed by atoms with Crippen LogP contribution in [-0.4, -0.2) is 37.1 Å². The predicted octanol–water partition coefficient (Wildman–Crippen LogP) is 5.20. The second-order valence-corrected chi connectivity index (χ2v) is 9.13. The van der Waals surface area contributed by atoms with Crippen LogP contribution in [0.15, 0.2) is 48.5 Å². The fourth-order valence-corrected chi connectivity index (χ4v) is 5.95. The number of piperidine rings is 1. The van der Waals surface area contributed by atoms with Crippen molar-refractivity contribution in [3.05, 3.63) is 59.7 Å². The van der Waals surface area contributed by atoms with Crippen LogP contribution < -0.4 is 10.1 Å². The van der Waals surface area contributed by atoms with E-state index in [0.717, 1.165) is 48.2 Å². The lowest BCUT2D eigenvalue weighted by atomic mass is 9.68. The van der Waals surface area contributed by atoms with Gasteiger partial charge in [0.2, 0.25) is 0 Å². The Hall–Kier alpha value is -3.02. The molecule has 2 fully saturated rings. The van der Waals surface area contributed by atoms with Gasteiger partial charge in [-0.3, -0.25) is 0 Å². The van der Waals surface area contributed by atoms with Crippen molar-refractivity contribution in [1.29, 1.82) is 0 Å². The van der Waals surface area contributed by atoms with Gasteiger partial charge in [0.25, 0.3) is 0 Å². The summed E-state index contributed by atoms with van der Waals surface area (Å²) in [4.78, 5) is 27.5. The summed E-state index contributed by atoms with van der Waals surface area (Å²) in [6, 6.07) is 15.2. The number of carbonyl (C=O) groups excluding carboxylic acids is 2. The fraction of sp³-hybridized carbons (Fsp3) is 0.462. The zero-order valence-electron chi connectivity index (χ0n) is 18.5. The number of fused-ring (bicyclic) bond motifs is 1. The van der Waals surface area contributed by atoms with E-state index in [1.54, 1.807) is 7.11 Å². The maximum atomic E-state index is 12.8. The number of amides is 2. The van der Waals surface area contributed by atoms with Gasteiger partial charge in [-0.05, 0) is 56.0 Å². The zero-order valence-corrected chi connectivity index (χ0v) is 18.5. The van der Waals surface area contributed by atoms with Crippen LogP contribution in [0.1, 0.15) is 54.4 Å². The van der Waals surface area contributed by atoms with E-state index in [2.05, 4.69) is 11.4 Å². The average molecular weight is 435 g/mol. The first-order chi connectivity index (χ1) is 15.6. The quantitative estimate of drug-likeness (QED) is 0.672. The molecular formula is C26H30N2O4. The van der Waals surface area contributed by atoms with Gasteiger partial charge in [-0.25, -0.2) is 9.59 Å².